The summed E-state index contributed by atoms with van der Waals surface area (Å²) in [4.78, 5) is 0. The standard InChI is InChI=1S/C12H13F2N3.ClH/c1-2-17-8-11(7-16-17)15-6-9-5-10(13)3-4-12(9)14;/h3-5,7-8,15H,2,6H2,1H3;1H. The Morgan fingerprint density at radius 3 is 2.78 bits per heavy atom. The monoisotopic (exact) mass is 273 g/mol. The average Bonchev–Trinajstić information content (AvgIpc) is 2.78. The van der Waals surface area contributed by atoms with E-state index in [1.807, 2.05) is 13.1 Å². The lowest BCUT2D eigenvalue weighted by molar-refractivity contribution is 0.587. The summed E-state index contributed by atoms with van der Waals surface area (Å²) < 4.78 is 28.0. The molecule has 2 aromatic rings. The first-order valence-corrected chi connectivity index (χ1v) is 5.39. The Morgan fingerprint density at radius 2 is 2.11 bits per heavy atom. The number of anilines is 1. The van der Waals surface area contributed by atoms with Crippen molar-refractivity contribution in [3.05, 3.63) is 47.8 Å². The van der Waals surface area contributed by atoms with E-state index in [0.29, 0.717) is 5.56 Å². The lowest BCUT2D eigenvalue weighted by Crippen LogP contribution is -2.01. The molecule has 1 N–H and O–H groups in total. The van der Waals surface area contributed by atoms with Crippen LogP contribution in [0.4, 0.5) is 14.5 Å². The number of hydrogen-bond acceptors (Lipinski definition) is 2. The SMILES string of the molecule is CCn1cc(NCc2cc(F)ccc2F)cn1.Cl. The first-order chi connectivity index (χ1) is 8.19. The Hall–Kier alpha value is -1.62. The molecule has 0 radical (unpaired) electrons. The Morgan fingerprint density at radius 1 is 1.33 bits per heavy atom. The molecule has 0 atom stereocenters. The number of aromatic nitrogens is 2. The van der Waals surface area contributed by atoms with Crippen molar-refractivity contribution in [2.45, 2.75) is 20.0 Å². The van der Waals surface area contributed by atoms with Crippen molar-refractivity contribution in [2.24, 2.45) is 0 Å². The van der Waals surface area contributed by atoms with Crippen molar-refractivity contribution in [1.29, 1.82) is 0 Å². The van der Waals surface area contributed by atoms with Gasteiger partial charge in [-0.2, -0.15) is 5.10 Å². The van der Waals surface area contributed by atoms with E-state index in [1.165, 1.54) is 6.07 Å². The molecule has 0 aliphatic heterocycles. The topological polar surface area (TPSA) is 29.9 Å². The van der Waals surface area contributed by atoms with E-state index in [4.69, 9.17) is 0 Å². The van der Waals surface area contributed by atoms with Crippen LogP contribution in [-0.2, 0) is 13.1 Å². The third-order valence-corrected chi connectivity index (χ3v) is 2.45. The first kappa shape index (κ1) is 14.4. The molecule has 1 aromatic heterocycles. The van der Waals surface area contributed by atoms with Crippen LogP contribution in [0.5, 0.6) is 0 Å². The van der Waals surface area contributed by atoms with E-state index >= 15 is 0 Å². The highest BCUT2D eigenvalue weighted by Gasteiger charge is 2.04. The lowest BCUT2D eigenvalue weighted by Gasteiger charge is -2.05. The van der Waals surface area contributed by atoms with Crippen molar-refractivity contribution >= 4 is 18.1 Å². The molecule has 0 aliphatic rings. The molecule has 0 unspecified atom stereocenters. The van der Waals surface area contributed by atoms with Crippen LogP contribution in [0.15, 0.2) is 30.6 Å². The van der Waals surface area contributed by atoms with Gasteiger partial charge in [0.05, 0.1) is 11.9 Å². The van der Waals surface area contributed by atoms with Crippen LogP contribution < -0.4 is 5.32 Å². The summed E-state index contributed by atoms with van der Waals surface area (Å²) in [7, 11) is 0. The summed E-state index contributed by atoms with van der Waals surface area (Å²) in [5.74, 6) is -0.853. The molecule has 0 bridgehead atoms. The molecule has 2 rings (SSSR count). The third-order valence-electron chi connectivity index (χ3n) is 2.45. The Kier molecular flexibility index (Phi) is 5.09. The lowest BCUT2D eigenvalue weighted by atomic mass is 10.2. The molecule has 3 nitrogen and oxygen atoms in total. The molecule has 1 heterocycles. The predicted molar refractivity (Wildman–Crippen MR) is 68.8 cm³/mol. The summed E-state index contributed by atoms with van der Waals surface area (Å²) in [5.41, 5.74) is 1.09. The number of nitrogens with zero attached hydrogens (tertiary/aromatic N) is 2. The highest BCUT2D eigenvalue weighted by molar-refractivity contribution is 5.85. The van der Waals surface area contributed by atoms with Crippen LogP contribution in [0.2, 0.25) is 0 Å². The maximum Gasteiger partial charge on any atom is 0.128 e. The van der Waals surface area contributed by atoms with Crippen molar-refractivity contribution in [2.75, 3.05) is 5.32 Å². The number of halogens is 3. The minimum absolute atomic E-state index is 0. The molecular formula is C12H14ClF2N3. The third kappa shape index (κ3) is 3.43. The van der Waals surface area contributed by atoms with Gasteiger partial charge in [-0.3, -0.25) is 4.68 Å². The molecule has 1 aromatic carbocycles. The zero-order valence-electron chi connectivity index (χ0n) is 9.86. The molecule has 98 valence electrons. The smallest absolute Gasteiger partial charge is 0.128 e. The zero-order valence-corrected chi connectivity index (χ0v) is 10.7. The second kappa shape index (κ2) is 6.35. The molecular weight excluding hydrogens is 260 g/mol. The summed E-state index contributed by atoms with van der Waals surface area (Å²) in [6.45, 7) is 2.98. The van der Waals surface area contributed by atoms with Gasteiger partial charge in [0.25, 0.3) is 0 Å². The number of nitrogens with one attached hydrogen (secondary N) is 1. The van der Waals surface area contributed by atoms with E-state index < -0.39 is 11.6 Å². The average molecular weight is 274 g/mol. The van der Waals surface area contributed by atoms with Gasteiger partial charge in [-0.1, -0.05) is 0 Å². The minimum Gasteiger partial charge on any atom is -0.378 e. The van der Waals surface area contributed by atoms with Crippen molar-refractivity contribution in [3.63, 3.8) is 0 Å². The minimum atomic E-state index is -0.438. The zero-order chi connectivity index (χ0) is 12.3. The number of benzene rings is 1. The van der Waals surface area contributed by atoms with Crippen molar-refractivity contribution < 1.29 is 8.78 Å². The van der Waals surface area contributed by atoms with Gasteiger partial charge in [0.1, 0.15) is 11.6 Å². The van der Waals surface area contributed by atoms with E-state index in [0.717, 1.165) is 24.4 Å². The second-order valence-electron chi connectivity index (χ2n) is 3.67. The summed E-state index contributed by atoms with van der Waals surface area (Å²) in [6, 6.07) is 3.42. The van der Waals surface area contributed by atoms with Gasteiger partial charge in [0.15, 0.2) is 0 Å². The molecule has 0 saturated carbocycles. The number of rotatable bonds is 4. The second-order valence-corrected chi connectivity index (χ2v) is 3.67. The van der Waals surface area contributed by atoms with Gasteiger partial charge >= 0.3 is 0 Å². The fourth-order valence-corrected chi connectivity index (χ4v) is 1.50. The van der Waals surface area contributed by atoms with Gasteiger partial charge in [-0.25, -0.2) is 8.78 Å². The molecule has 6 heteroatoms. The number of hydrogen-bond donors (Lipinski definition) is 1. The van der Waals surface area contributed by atoms with Crippen LogP contribution in [0.1, 0.15) is 12.5 Å². The quantitative estimate of drug-likeness (QED) is 0.927. The first-order valence-electron chi connectivity index (χ1n) is 5.39. The fraction of sp³-hybridized carbons (Fsp3) is 0.250. The van der Waals surface area contributed by atoms with E-state index in [2.05, 4.69) is 10.4 Å². The number of aryl methyl sites for hydroxylation is 1. The molecule has 0 spiro atoms. The van der Waals surface area contributed by atoms with Gasteiger partial charge in [-0.05, 0) is 25.1 Å². The molecule has 0 fully saturated rings. The summed E-state index contributed by atoms with van der Waals surface area (Å²) in [5, 5.41) is 7.07. The summed E-state index contributed by atoms with van der Waals surface area (Å²) >= 11 is 0. The van der Waals surface area contributed by atoms with Crippen LogP contribution >= 0.6 is 12.4 Å². The maximum absolute atomic E-state index is 13.3. The largest absolute Gasteiger partial charge is 0.378 e. The highest BCUT2D eigenvalue weighted by atomic mass is 35.5. The van der Waals surface area contributed by atoms with Gasteiger partial charge < -0.3 is 5.32 Å². The van der Waals surface area contributed by atoms with Crippen LogP contribution in [-0.4, -0.2) is 9.78 Å². The highest BCUT2D eigenvalue weighted by Crippen LogP contribution is 2.12. The predicted octanol–water partition coefficient (Wildman–Crippen LogP) is 3.22. The molecule has 0 saturated heterocycles. The summed E-state index contributed by atoms with van der Waals surface area (Å²) in [6.07, 6.45) is 3.47. The van der Waals surface area contributed by atoms with Crippen LogP contribution in [0, 0.1) is 11.6 Å². The van der Waals surface area contributed by atoms with Gasteiger partial charge in [0.2, 0.25) is 0 Å². The fourth-order valence-electron chi connectivity index (χ4n) is 1.50. The Bertz CT molecular complexity index is 514. The van der Waals surface area contributed by atoms with E-state index in [-0.39, 0.29) is 19.0 Å². The van der Waals surface area contributed by atoms with Crippen LogP contribution in [0.25, 0.3) is 0 Å². The van der Waals surface area contributed by atoms with Crippen molar-refractivity contribution in [3.8, 4) is 0 Å². The Labute approximate surface area is 110 Å². The van der Waals surface area contributed by atoms with Gasteiger partial charge in [0, 0.05) is 24.8 Å². The van der Waals surface area contributed by atoms with E-state index in [9.17, 15) is 8.78 Å². The van der Waals surface area contributed by atoms with Crippen molar-refractivity contribution in [1.82, 2.24) is 9.78 Å². The molecule has 0 aliphatic carbocycles. The molecule has 0 amide bonds. The van der Waals surface area contributed by atoms with E-state index in [1.54, 1.807) is 10.9 Å². The Balaban J connectivity index is 0.00000162. The normalized spacial score (nSPS) is 9.94. The van der Waals surface area contributed by atoms with Gasteiger partial charge in [-0.15, -0.1) is 12.4 Å². The molecule has 18 heavy (non-hydrogen) atoms. The van der Waals surface area contributed by atoms with Crippen LogP contribution in [0.3, 0.4) is 0 Å². The maximum atomic E-state index is 13.3.